The number of carboxylic acids is 1. The molecule has 1 fully saturated rings. The molecule has 0 radical (unpaired) electrons. The van der Waals surface area contributed by atoms with Crippen LogP contribution in [0.25, 0.3) is 0 Å². The maximum atomic E-state index is 11.8. The van der Waals surface area contributed by atoms with Crippen molar-refractivity contribution in [2.75, 3.05) is 0 Å². The summed E-state index contributed by atoms with van der Waals surface area (Å²) >= 11 is 0. The van der Waals surface area contributed by atoms with Crippen molar-refractivity contribution in [1.82, 2.24) is 0 Å². The van der Waals surface area contributed by atoms with Crippen molar-refractivity contribution in [3.63, 3.8) is 0 Å². The summed E-state index contributed by atoms with van der Waals surface area (Å²) < 4.78 is 5.36. The van der Waals surface area contributed by atoms with E-state index in [9.17, 15) is 9.59 Å². The molecule has 5 nitrogen and oxygen atoms in total. The molecule has 3 N–H and O–H groups in total. The third-order valence-corrected chi connectivity index (χ3v) is 3.60. The van der Waals surface area contributed by atoms with Gasteiger partial charge in [0.05, 0.1) is 0 Å². The van der Waals surface area contributed by atoms with E-state index in [0.717, 1.165) is 18.4 Å². The molecule has 1 rings (SSSR count). The number of carbonyl (C=O) groups is 2. The fraction of sp³-hybridized carbons (Fsp3) is 0.692. The minimum absolute atomic E-state index is 0.0265. The van der Waals surface area contributed by atoms with E-state index in [1.165, 1.54) is 0 Å². The van der Waals surface area contributed by atoms with Crippen molar-refractivity contribution < 1.29 is 19.4 Å². The van der Waals surface area contributed by atoms with E-state index in [1.807, 2.05) is 0 Å². The van der Waals surface area contributed by atoms with Crippen molar-refractivity contribution >= 4 is 19.8 Å². The molecule has 1 aliphatic carbocycles. The van der Waals surface area contributed by atoms with Crippen LogP contribution >= 0.6 is 0 Å². The highest BCUT2D eigenvalue weighted by molar-refractivity contribution is 6.13. The van der Waals surface area contributed by atoms with E-state index < -0.39 is 18.0 Å². The highest BCUT2D eigenvalue weighted by atomic mass is 16.5. The maximum Gasteiger partial charge on any atom is 0.323 e. The molecule has 0 spiro atoms. The molecular weight excluding hydrogens is 245 g/mol. The number of aliphatic carboxylic acids is 1. The Labute approximate surface area is 114 Å². The lowest BCUT2D eigenvalue weighted by Gasteiger charge is -2.29. The molecule has 6 heteroatoms. The smallest absolute Gasteiger partial charge is 0.323 e. The summed E-state index contributed by atoms with van der Waals surface area (Å²) in [7, 11) is 2.12. The molecule has 0 aromatic rings. The Morgan fingerprint density at radius 3 is 2.79 bits per heavy atom. The molecule has 0 aromatic carbocycles. The fourth-order valence-corrected chi connectivity index (χ4v) is 2.18. The number of carbonyl (C=O) groups excluding carboxylic acids is 1. The average molecular weight is 267 g/mol. The Hall–Kier alpha value is -1.30. The molecule has 3 unspecified atom stereocenters. The van der Waals surface area contributed by atoms with Gasteiger partial charge in [-0.2, -0.15) is 0 Å². The van der Waals surface area contributed by atoms with E-state index in [1.54, 1.807) is 0 Å². The molecule has 0 saturated heterocycles. The van der Waals surface area contributed by atoms with Crippen LogP contribution in [-0.4, -0.2) is 37.0 Å². The van der Waals surface area contributed by atoms with Crippen molar-refractivity contribution in [3.8, 4) is 0 Å². The van der Waals surface area contributed by atoms with Gasteiger partial charge < -0.3 is 15.6 Å². The van der Waals surface area contributed by atoms with Gasteiger partial charge in [-0.15, -0.1) is 6.58 Å². The number of nitrogens with two attached hydrogens (primary N) is 1. The zero-order chi connectivity index (χ0) is 14.4. The Bertz CT molecular complexity index is 359. The van der Waals surface area contributed by atoms with Crippen molar-refractivity contribution in [2.45, 2.75) is 56.5 Å². The second-order valence-corrected chi connectivity index (χ2v) is 5.29. The van der Waals surface area contributed by atoms with Crippen LogP contribution in [-0.2, 0) is 14.3 Å². The molecule has 0 amide bonds. The van der Waals surface area contributed by atoms with Gasteiger partial charge in [-0.05, 0) is 25.1 Å². The largest absolute Gasteiger partial charge is 0.481 e. The molecule has 19 heavy (non-hydrogen) atoms. The van der Waals surface area contributed by atoms with Gasteiger partial charge in [0, 0.05) is 12.8 Å². The standard InChI is InChI=1S/C13H22BNO4/c1-8-7-9(5-6-10(8)14)19-13(18)11(15)3-2-4-12(16)17/h9-11H,1-7,14-15H2,(H,16,17). The van der Waals surface area contributed by atoms with E-state index in [0.29, 0.717) is 25.1 Å². The first-order chi connectivity index (χ1) is 8.90. The third-order valence-electron chi connectivity index (χ3n) is 3.60. The summed E-state index contributed by atoms with van der Waals surface area (Å²) in [6.07, 6.45) is 3.16. The summed E-state index contributed by atoms with van der Waals surface area (Å²) in [6.45, 7) is 3.98. The second-order valence-electron chi connectivity index (χ2n) is 5.29. The van der Waals surface area contributed by atoms with Crippen molar-refractivity contribution in [3.05, 3.63) is 12.2 Å². The van der Waals surface area contributed by atoms with Crippen LogP contribution in [0, 0.1) is 0 Å². The third kappa shape index (κ3) is 5.47. The van der Waals surface area contributed by atoms with E-state index in [-0.39, 0.29) is 12.5 Å². The quantitative estimate of drug-likeness (QED) is 0.419. The Morgan fingerprint density at radius 1 is 1.53 bits per heavy atom. The van der Waals surface area contributed by atoms with Crippen molar-refractivity contribution in [1.29, 1.82) is 0 Å². The first-order valence-corrected chi connectivity index (χ1v) is 6.75. The predicted octanol–water partition coefficient (Wildman–Crippen LogP) is 0.642. The van der Waals surface area contributed by atoms with Gasteiger partial charge in [-0.3, -0.25) is 9.59 Å². The molecule has 106 valence electrons. The van der Waals surface area contributed by atoms with Crippen LogP contribution in [0.15, 0.2) is 12.2 Å². The first kappa shape index (κ1) is 15.8. The van der Waals surface area contributed by atoms with Gasteiger partial charge in [0.15, 0.2) is 0 Å². The molecule has 3 atom stereocenters. The lowest BCUT2D eigenvalue weighted by atomic mass is 9.72. The maximum absolute atomic E-state index is 11.8. The van der Waals surface area contributed by atoms with E-state index >= 15 is 0 Å². The van der Waals surface area contributed by atoms with Crippen LogP contribution in [0.3, 0.4) is 0 Å². The van der Waals surface area contributed by atoms with Crippen LogP contribution < -0.4 is 5.73 Å². The molecule has 0 bridgehead atoms. The lowest BCUT2D eigenvalue weighted by molar-refractivity contribution is -0.151. The predicted molar refractivity (Wildman–Crippen MR) is 74.6 cm³/mol. The van der Waals surface area contributed by atoms with Gasteiger partial charge in [-0.25, -0.2) is 0 Å². The minimum Gasteiger partial charge on any atom is -0.481 e. The highest BCUT2D eigenvalue weighted by Crippen LogP contribution is 2.32. The van der Waals surface area contributed by atoms with Crippen LogP contribution in [0.2, 0.25) is 5.82 Å². The topological polar surface area (TPSA) is 89.6 Å². The Morgan fingerprint density at radius 2 is 2.21 bits per heavy atom. The first-order valence-electron chi connectivity index (χ1n) is 6.75. The number of ether oxygens (including phenoxy) is 1. The summed E-state index contributed by atoms with van der Waals surface area (Å²) in [4.78, 5) is 22.1. The molecule has 0 aliphatic heterocycles. The molecule has 1 saturated carbocycles. The molecule has 0 aromatic heterocycles. The van der Waals surface area contributed by atoms with Gasteiger partial charge in [-0.1, -0.05) is 12.0 Å². The second kappa shape index (κ2) is 7.33. The SMILES string of the molecule is BC1CCC(OC(=O)C(N)CCCC(=O)O)CC1=C. The van der Waals surface area contributed by atoms with Crippen LogP contribution in [0.4, 0.5) is 0 Å². The number of hydrogen-bond donors (Lipinski definition) is 2. The zero-order valence-corrected chi connectivity index (χ0v) is 11.4. The Kier molecular flexibility index (Phi) is 6.08. The van der Waals surface area contributed by atoms with Gasteiger partial charge >= 0.3 is 11.9 Å². The van der Waals surface area contributed by atoms with Crippen LogP contribution in [0.1, 0.15) is 38.5 Å². The Balaban J connectivity index is 2.29. The molecule has 0 heterocycles. The summed E-state index contributed by atoms with van der Waals surface area (Å²) in [6, 6.07) is -0.730. The number of esters is 1. The minimum atomic E-state index is -0.877. The molecular formula is C13H22BNO4. The number of carboxylic acid groups (broad SMARTS) is 1. The fourth-order valence-electron chi connectivity index (χ4n) is 2.18. The van der Waals surface area contributed by atoms with Gasteiger partial charge in [0.2, 0.25) is 0 Å². The van der Waals surface area contributed by atoms with Gasteiger partial charge in [0.1, 0.15) is 20.0 Å². The average Bonchev–Trinajstić information content (AvgIpc) is 2.33. The normalized spacial score (nSPS) is 24.8. The van der Waals surface area contributed by atoms with Crippen LogP contribution in [0.5, 0.6) is 0 Å². The highest BCUT2D eigenvalue weighted by Gasteiger charge is 2.26. The molecule has 1 aliphatic rings. The summed E-state index contributed by atoms with van der Waals surface area (Å²) in [5, 5.41) is 8.51. The zero-order valence-electron chi connectivity index (χ0n) is 11.4. The van der Waals surface area contributed by atoms with Gasteiger partial charge in [0.25, 0.3) is 0 Å². The van der Waals surface area contributed by atoms with E-state index in [4.69, 9.17) is 15.6 Å². The van der Waals surface area contributed by atoms with Crippen molar-refractivity contribution in [2.24, 2.45) is 5.73 Å². The lowest BCUT2D eigenvalue weighted by Crippen LogP contribution is -2.36. The monoisotopic (exact) mass is 267 g/mol. The summed E-state index contributed by atoms with van der Waals surface area (Å²) in [5.74, 6) is -0.824. The number of rotatable bonds is 6. The van der Waals surface area contributed by atoms with E-state index in [2.05, 4.69) is 14.4 Å². The summed E-state index contributed by atoms with van der Waals surface area (Å²) in [5.41, 5.74) is 6.81. The number of hydrogen-bond acceptors (Lipinski definition) is 4.